The van der Waals surface area contributed by atoms with Gasteiger partial charge in [0.15, 0.2) is 0 Å². The average molecular weight is 319 g/mol. The summed E-state index contributed by atoms with van der Waals surface area (Å²) in [4.78, 5) is 15.1. The number of aromatic nitrogens is 2. The fraction of sp³-hybridized carbons (Fsp3) is 0.778. The normalized spacial score (nSPS) is 31.5. The lowest BCUT2D eigenvalue weighted by atomic mass is 9.82. The molecular formula is C18H29N3O2. The molecule has 23 heavy (non-hydrogen) atoms. The van der Waals surface area contributed by atoms with E-state index in [9.17, 15) is 4.79 Å². The van der Waals surface area contributed by atoms with Gasteiger partial charge in [0.05, 0.1) is 18.3 Å². The minimum absolute atomic E-state index is 0.140. The number of rotatable bonds is 4. The van der Waals surface area contributed by atoms with Gasteiger partial charge in [0.1, 0.15) is 0 Å². The molecule has 0 radical (unpaired) electrons. The number of likely N-dealkylation sites (tertiary alicyclic amines) is 1. The van der Waals surface area contributed by atoms with E-state index in [1.807, 2.05) is 24.1 Å². The molecule has 0 bridgehead atoms. The first kappa shape index (κ1) is 16.5. The van der Waals surface area contributed by atoms with Gasteiger partial charge in [-0.3, -0.25) is 9.48 Å². The van der Waals surface area contributed by atoms with Crippen LogP contribution in [0.4, 0.5) is 0 Å². The summed E-state index contributed by atoms with van der Waals surface area (Å²) in [5, 5.41) is 4.25. The van der Waals surface area contributed by atoms with Gasteiger partial charge < -0.3 is 9.64 Å². The van der Waals surface area contributed by atoms with Crippen molar-refractivity contribution in [2.75, 3.05) is 13.7 Å². The highest BCUT2D eigenvalue weighted by Gasteiger charge is 2.40. The van der Waals surface area contributed by atoms with Crippen molar-refractivity contribution in [3.05, 3.63) is 18.0 Å². The van der Waals surface area contributed by atoms with Crippen LogP contribution < -0.4 is 0 Å². The summed E-state index contributed by atoms with van der Waals surface area (Å²) < 4.78 is 7.49. The summed E-state index contributed by atoms with van der Waals surface area (Å²) in [6.45, 7) is 3.12. The van der Waals surface area contributed by atoms with Crippen molar-refractivity contribution in [3.8, 4) is 0 Å². The molecule has 1 saturated carbocycles. The maximum atomic E-state index is 13.0. The number of amides is 1. The number of hydrogen-bond acceptors (Lipinski definition) is 3. The van der Waals surface area contributed by atoms with Crippen LogP contribution in [0.5, 0.6) is 0 Å². The largest absolute Gasteiger partial charge is 0.379 e. The lowest BCUT2D eigenvalue weighted by molar-refractivity contribution is -0.138. The fourth-order valence-electron chi connectivity index (χ4n) is 4.18. The molecule has 1 aromatic heterocycles. The summed E-state index contributed by atoms with van der Waals surface area (Å²) in [6, 6.07) is 0.149. The van der Waals surface area contributed by atoms with Crippen LogP contribution in [0.2, 0.25) is 0 Å². The second kappa shape index (κ2) is 7.04. The fourth-order valence-corrected chi connectivity index (χ4v) is 4.18. The topological polar surface area (TPSA) is 47.4 Å². The Morgan fingerprint density at radius 2 is 2.04 bits per heavy atom. The Balaban J connectivity index is 1.70. The molecular weight excluding hydrogens is 290 g/mol. The third kappa shape index (κ3) is 3.60. The van der Waals surface area contributed by atoms with Gasteiger partial charge in [-0.25, -0.2) is 0 Å². The Kier molecular flexibility index (Phi) is 5.05. The van der Waals surface area contributed by atoms with Crippen molar-refractivity contribution >= 4 is 5.91 Å². The Hall–Kier alpha value is -1.36. The van der Waals surface area contributed by atoms with E-state index in [-0.39, 0.29) is 18.1 Å². The zero-order valence-electron chi connectivity index (χ0n) is 14.6. The zero-order chi connectivity index (χ0) is 16.4. The van der Waals surface area contributed by atoms with Crippen LogP contribution in [0.25, 0.3) is 0 Å². The molecule has 2 heterocycles. The van der Waals surface area contributed by atoms with Gasteiger partial charge >= 0.3 is 0 Å². The highest BCUT2D eigenvalue weighted by Crippen LogP contribution is 2.33. The molecule has 3 rings (SSSR count). The van der Waals surface area contributed by atoms with Gasteiger partial charge in [-0.1, -0.05) is 6.92 Å². The van der Waals surface area contributed by atoms with E-state index in [0.29, 0.717) is 5.91 Å². The molecule has 1 aromatic rings. The van der Waals surface area contributed by atoms with Crippen molar-refractivity contribution in [1.82, 2.24) is 14.7 Å². The molecule has 0 aromatic carbocycles. The van der Waals surface area contributed by atoms with Crippen LogP contribution in [0.15, 0.2) is 12.4 Å². The second-order valence-electron chi connectivity index (χ2n) is 7.34. The van der Waals surface area contributed by atoms with Gasteiger partial charge in [0, 0.05) is 32.8 Å². The molecule has 1 saturated heterocycles. The van der Waals surface area contributed by atoms with Crippen LogP contribution in [-0.2, 0) is 23.0 Å². The van der Waals surface area contributed by atoms with E-state index in [2.05, 4.69) is 16.9 Å². The van der Waals surface area contributed by atoms with Crippen LogP contribution in [-0.4, -0.2) is 46.4 Å². The van der Waals surface area contributed by atoms with Gasteiger partial charge in [-0.2, -0.15) is 5.10 Å². The molecule has 2 fully saturated rings. The van der Waals surface area contributed by atoms with Crippen LogP contribution >= 0.6 is 0 Å². The van der Waals surface area contributed by atoms with Gasteiger partial charge in [0.25, 0.3) is 0 Å². The number of aryl methyl sites for hydroxylation is 1. The van der Waals surface area contributed by atoms with Crippen molar-refractivity contribution in [2.45, 2.75) is 57.6 Å². The average Bonchev–Trinajstić information content (AvgIpc) is 3.14. The molecule has 2 aliphatic rings. The monoisotopic (exact) mass is 319 g/mol. The van der Waals surface area contributed by atoms with Gasteiger partial charge in [-0.15, -0.1) is 0 Å². The standard InChI is InChI=1S/C18H29N3O2/c1-13-4-6-15(7-5-13)18(22)21-9-8-17(23-3)16(21)10-14-11-19-20(2)12-14/h11-13,15-17H,4-10H2,1-3H3/t13?,15?,16-,17+/m0/s1. The number of ether oxygens (including phenoxy) is 1. The molecule has 2 atom stereocenters. The van der Waals surface area contributed by atoms with Crippen LogP contribution in [0, 0.1) is 11.8 Å². The molecule has 1 amide bonds. The molecule has 0 unspecified atom stereocenters. The van der Waals surface area contributed by atoms with E-state index < -0.39 is 0 Å². The van der Waals surface area contributed by atoms with Crippen LogP contribution in [0.1, 0.15) is 44.6 Å². The lowest BCUT2D eigenvalue weighted by Crippen LogP contribution is -2.45. The van der Waals surface area contributed by atoms with E-state index >= 15 is 0 Å². The predicted molar refractivity (Wildman–Crippen MR) is 88.9 cm³/mol. The smallest absolute Gasteiger partial charge is 0.226 e. The summed E-state index contributed by atoms with van der Waals surface area (Å²) in [5.41, 5.74) is 1.18. The minimum atomic E-state index is 0.140. The Morgan fingerprint density at radius 1 is 1.30 bits per heavy atom. The first-order chi connectivity index (χ1) is 11.1. The minimum Gasteiger partial charge on any atom is -0.379 e. The molecule has 0 spiro atoms. The third-order valence-corrected chi connectivity index (χ3v) is 5.64. The molecule has 5 heteroatoms. The molecule has 128 valence electrons. The Labute approximate surface area is 139 Å². The number of methoxy groups -OCH3 is 1. The van der Waals surface area contributed by atoms with Crippen molar-refractivity contribution in [3.63, 3.8) is 0 Å². The highest BCUT2D eigenvalue weighted by molar-refractivity contribution is 5.79. The molecule has 0 N–H and O–H groups in total. The van der Waals surface area contributed by atoms with Crippen molar-refractivity contribution in [2.24, 2.45) is 18.9 Å². The number of carbonyl (C=O) groups excluding carboxylic acids is 1. The quantitative estimate of drug-likeness (QED) is 0.856. The molecule has 1 aliphatic heterocycles. The summed E-state index contributed by atoms with van der Waals surface area (Å²) in [5.74, 6) is 1.35. The second-order valence-corrected chi connectivity index (χ2v) is 7.34. The first-order valence-corrected chi connectivity index (χ1v) is 8.89. The highest BCUT2D eigenvalue weighted by atomic mass is 16.5. The van der Waals surface area contributed by atoms with Crippen LogP contribution in [0.3, 0.4) is 0 Å². The molecule has 5 nitrogen and oxygen atoms in total. The summed E-state index contributed by atoms with van der Waals surface area (Å²) in [6.07, 6.45) is 10.3. The van der Waals surface area contributed by atoms with Crippen molar-refractivity contribution in [1.29, 1.82) is 0 Å². The summed E-state index contributed by atoms with van der Waals surface area (Å²) >= 11 is 0. The van der Waals surface area contributed by atoms with E-state index in [1.54, 1.807) is 7.11 Å². The maximum absolute atomic E-state index is 13.0. The predicted octanol–water partition coefficient (Wildman–Crippen LogP) is 2.40. The first-order valence-electron chi connectivity index (χ1n) is 8.89. The zero-order valence-corrected chi connectivity index (χ0v) is 14.6. The van der Waals surface area contributed by atoms with Gasteiger partial charge in [-0.05, 0) is 50.0 Å². The van der Waals surface area contributed by atoms with E-state index in [4.69, 9.17) is 4.74 Å². The number of carbonyl (C=O) groups is 1. The Morgan fingerprint density at radius 3 is 2.65 bits per heavy atom. The molecule has 1 aliphatic carbocycles. The van der Waals surface area contributed by atoms with Gasteiger partial charge in [0.2, 0.25) is 5.91 Å². The Bertz CT molecular complexity index is 534. The van der Waals surface area contributed by atoms with Crippen molar-refractivity contribution < 1.29 is 9.53 Å². The van der Waals surface area contributed by atoms with E-state index in [1.165, 1.54) is 18.4 Å². The number of hydrogen-bond donors (Lipinski definition) is 0. The maximum Gasteiger partial charge on any atom is 0.226 e. The number of nitrogens with zero attached hydrogens (tertiary/aromatic N) is 3. The van der Waals surface area contributed by atoms with E-state index in [0.717, 1.165) is 38.1 Å². The SMILES string of the molecule is CO[C@@H]1CCN(C(=O)C2CCC(C)CC2)[C@H]1Cc1cnn(C)c1. The summed E-state index contributed by atoms with van der Waals surface area (Å²) in [7, 11) is 3.69. The lowest BCUT2D eigenvalue weighted by Gasteiger charge is -2.33. The third-order valence-electron chi connectivity index (χ3n) is 5.64.